The molecule has 0 heterocycles. The van der Waals surface area contributed by atoms with Crippen LogP contribution < -0.4 is 12.4 Å². The summed E-state index contributed by atoms with van der Waals surface area (Å²) in [5, 5.41) is 16.9. The summed E-state index contributed by atoms with van der Waals surface area (Å²) in [6.45, 7) is 3.35. The number of quaternary nitrogens is 1. The molecule has 0 unspecified atom stereocenters. The zero-order valence-corrected chi connectivity index (χ0v) is 19.6. The molecule has 0 bridgehead atoms. The quantitative estimate of drug-likeness (QED) is 0.229. The second kappa shape index (κ2) is 24.2. The number of carbonyl (C=O) groups is 1. The molecule has 0 fully saturated rings. The van der Waals surface area contributed by atoms with Crippen molar-refractivity contribution in [3.05, 3.63) is 24.3 Å². The van der Waals surface area contributed by atoms with Crippen molar-refractivity contribution in [2.45, 2.75) is 84.0 Å². The number of aliphatic hydroxyl groups is 1. The van der Waals surface area contributed by atoms with Gasteiger partial charge in [-0.1, -0.05) is 63.3 Å². The van der Waals surface area contributed by atoms with Gasteiger partial charge in [-0.3, -0.25) is 4.79 Å². The lowest BCUT2D eigenvalue weighted by atomic mass is 10.1. The Bertz CT molecular complexity index is 377. The van der Waals surface area contributed by atoms with Gasteiger partial charge in [0.15, 0.2) is 0 Å². The molecule has 2 N–H and O–H groups in total. The number of hydrogen-bond donors (Lipinski definition) is 2. The summed E-state index contributed by atoms with van der Waals surface area (Å²) >= 11 is 0. The molecule has 0 aromatic rings. The number of aliphatic hydroxyl groups excluding tert-OH is 1. The normalized spacial score (nSPS) is 11.3. The standard InChI is InChI=1S/C18H32O2.C5H14NO.ClH/c1-2-3-4-5-6-7-8-9-10-11-12-13-14-15-16-17-18(19)20;1-6(2,3)4-5-7;/h6-7,9-10H,2-5,8,11-17H2,1H3,(H,19,20);7H,4-5H2,1-3H3;1H/q;+1;/p-1/b7-6-,10-9-;;. The summed E-state index contributed by atoms with van der Waals surface area (Å²) in [4.78, 5) is 10.3. The smallest absolute Gasteiger partial charge is 0.303 e. The van der Waals surface area contributed by atoms with E-state index >= 15 is 0 Å². The average Bonchev–Trinajstić information content (AvgIpc) is 2.57. The molecular weight excluding hydrogens is 374 g/mol. The van der Waals surface area contributed by atoms with Crippen molar-refractivity contribution in [2.75, 3.05) is 34.3 Å². The van der Waals surface area contributed by atoms with Gasteiger partial charge in [0.05, 0.1) is 27.7 Å². The number of nitrogens with zero attached hydrogens (tertiary/aromatic N) is 1. The summed E-state index contributed by atoms with van der Waals surface area (Å²) in [6, 6.07) is 0. The molecule has 0 rings (SSSR count). The van der Waals surface area contributed by atoms with E-state index in [9.17, 15) is 4.79 Å². The predicted octanol–water partition coefficient (Wildman–Crippen LogP) is 2.57. The van der Waals surface area contributed by atoms with Crippen LogP contribution in [-0.4, -0.2) is 55.0 Å². The molecule has 0 aliphatic heterocycles. The number of hydrogen-bond acceptors (Lipinski definition) is 2. The second-order valence-corrected chi connectivity index (χ2v) is 8.11. The third-order valence-corrected chi connectivity index (χ3v) is 4.11. The minimum atomic E-state index is -0.671. The van der Waals surface area contributed by atoms with E-state index in [0.717, 1.165) is 36.7 Å². The van der Waals surface area contributed by atoms with E-state index < -0.39 is 5.97 Å². The highest BCUT2D eigenvalue weighted by atomic mass is 35.5. The highest BCUT2D eigenvalue weighted by Crippen LogP contribution is 2.08. The monoisotopic (exact) mass is 419 g/mol. The van der Waals surface area contributed by atoms with Gasteiger partial charge in [0.2, 0.25) is 0 Å². The fraction of sp³-hybridized carbons (Fsp3) is 0.783. The molecule has 0 aromatic carbocycles. The number of carboxylic acid groups (broad SMARTS) is 1. The number of aliphatic carboxylic acids is 1. The minimum Gasteiger partial charge on any atom is -1.00 e. The molecule has 5 heteroatoms. The van der Waals surface area contributed by atoms with Crippen LogP contribution in [0.4, 0.5) is 0 Å². The Balaban J connectivity index is -0.000000665. The molecule has 0 spiro atoms. The first-order chi connectivity index (χ1) is 12.8. The van der Waals surface area contributed by atoms with Crippen molar-refractivity contribution >= 4 is 5.97 Å². The van der Waals surface area contributed by atoms with Gasteiger partial charge >= 0.3 is 5.97 Å². The Labute approximate surface area is 180 Å². The fourth-order valence-electron chi connectivity index (χ4n) is 2.39. The summed E-state index contributed by atoms with van der Waals surface area (Å²) in [5.41, 5.74) is 0. The molecule has 4 nitrogen and oxygen atoms in total. The Morgan fingerprint density at radius 3 is 1.75 bits per heavy atom. The van der Waals surface area contributed by atoms with Crippen LogP contribution in [-0.2, 0) is 4.79 Å². The molecule has 0 saturated heterocycles. The van der Waals surface area contributed by atoms with Crippen LogP contribution in [0.2, 0.25) is 0 Å². The highest BCUT2D eigenvalue weighted by Gasteiger charge is 2.02. The largest absolute Gasteiger partial charge is 1.00 e. The second-order valence-electron chi connectivity index (χ2n) is 8.11. The van der Waals surface area contributed by atoms with Crippen molar-refractivity contribution in [1.29, 1.82) is 0 Å². The Morgan fingerprint density at radius 2 is 1.32 bits per heavy atom. The number of allylic oxidation sites excluding steroid dienone is 4. The third kappa shape index (κ3) is 36.1. The lowest BCUT2D eigenvalue weighted by Crippen LogP contribution is -3.00. The lowest BCUT2D eigenvalue weighted by molar-refractivity contribution is -0.870. The van der Waals surface area contributed by atoms with Crippen LogP contribution in [0.15, 0.2) is 24.3 Å². The molecule has 0 aromatic heterocycles. The first kappa shape index (κ1) is 31.8. The third-order valence-electron chi connectivity index (χ3n) is 4.11. The molecule has 0 saturated carbocycles. The molecule has 0 radical (unpaired) electrons. The summed E-state index contributed by atoms with van der Waals surface area (Å²) in [7, 11) is 6.16. The molecule has 0 amide bonds. The minimum absolute atomic E-state index is 0. The first-order valence-electron chi connectivity index (χ1n) is 10.8. The summed E-state index contributed by atoms with van der Waals surface area (Å²) in [6.07, 6.45) is 22.3. The van der Waals surface area contributed by atoms with Crippen LogP contribution in [0, 0.1) is 0 Å². The Hall–Kier alpha value is -0.840. The van der Waals surface area contributed by atoms with E-state index in [1.165, 1.54) is 44.9 Å². The summed E-state index contributed by atoms with van der Waals surface area (Å²) in [5.74, 6) is -0.671. The zero-order valence-electron chi connectivity index (χ0n) is 18.8. The van der Waals surface area contributed by atoms with Gasteiger partial charge < -0.3 is 27.1 Å². The van der Waals surface area contributed by atoms with Gasteiger partial charge in [-0.25, -0.2) is 0 Å². The maximum absolute atomic E-state index is 10.3. The highest BCUT2D eigenvalue weighted by molar-refractivity contribution is 5.66. The van der Waals surface area contributed by atoms with E-state index in [1.807, 2.05) is 0 Å². The first-order valence-corrected chi connectivity index (χ1v) is 10.8. The maximum atomic E-state index is 10.3. The fourth-order valence-corrected chi connectivity index (χ4v) is 2.39. The van der Waals surface area contributed by atoms with E-state index in [2.05, 4.69) is 52.4 Å². The van der Waals surface area contributed by atoms with Gasteiger partial charge in [0, 0.05) is 6.42 Å². The van der Waals surface area contributed by atoms with E-state index in [-0.39, 0.29) is 19.0 Å². The van der Waals surface area contributed by atoms with Crippen molar-refractivity contribution in [3.63, 3.8) is 0 Å². The zero-order chi connectivity index (χ0) is 20.8. The molecule has 168 valence electrons. The van der Waals surface area contributed by atoms with Gasteiger partial charge in [-0.05, 0) is 38.5 Å². The number of carboxylic acids is 1. The molecule has 0 aliphatic carbocycles. The van der Waals surface area contributed by atoms with Crippen LogP contribution >= 0.6 is 0 Å². The number of unbranched alkanes of at least 4 members (excludes halogenated alkanes) is 8. The van der Waals surface area contributed by atoms with Crippen molar-refractivity contribution in [1.82, 2.24) is 0 Å². The summed E-state index contributed by atoms with van der Waals surface area (Å²) < 4.78 is 0.844. The number of halogens is 1. The topological polar surface area (TPSA) is 57.5 Å². The molecule has 0 atom stereocenters. The average molecular weight is 420 g/mol. The lowest BCUT2D eigenvalue weighted by Gasteiger charge is -2.21. The number of rotatable bonds is 16. The van der Waals surface area contributed by atoms with Gasteiger partial charge in [0.1, 0.15) is 6.54 Å². The van der Waals surface area contributed by atoms with Crippen LogP contribution in [0.5, 0.6) is 0 Å². The molecule has 28 heavy (non-hydrogen) atoms. The Morgan fingerprint density at radius 1 is 0.821 bits per heavy atom. The van der Waals surface area contributed by atoms with E-state index in [4.69, 9.17) is 10.2 Å². The Kier molecular flexibility index (Phi) is 27.5. The van der Waals surface area contributed by atoms with Crippen LogP contribution in [0.1, 0.15) is 84.0 Å². The van der Waals surface area contributed by atoms with Crippen LogP contribution in [0.25, 0.3) is 0 Å². The van der Waals surface area contributed by atoms with Gasteiger partial charge in [-0.15, -0.1) is 0 Å². The van der Waals surface area contributed by atoms with Gasteiger partial charge in [-0.2, -0.15) is 0 Å². The predicted molar refractivity (Wildman–Crippen MR) is 117 cm³/mol. The van der Waals surface area contributed by atoms with Crippen molar-refractivity contribution in [3.8, 4) is 0 Å². The van der Waals surface area contributed by atoms with Crippen molar-refractivity contribution < 1.29 is 31.9 Å². The van der Waals surface area contributed by atoms with Gasteiger partial charge in [0.25, 0.3) is 0 Å². The molecular formula is C23H46ClNO3. The van der Waals surface area contributed by atoms with E-state index in [0.29, 0.717) is 6.42 Å². The van der Waals surface area contributed by atoms with Crippen molar-refractivity contribution in [2.24, 2.45) is 0 Å². The SMILES string of the molecule is CCCCC/C=C\C/C=C\CCCCCCCC(=O)O.C[N+](C)(C)CCO.[Cl-]. The molecule has 0 aliphatic rings. The number of likely N-dealkylation sites (N-methyl/N-ethyl adjacent to an activating group) is 1. The maximum Gasteiger partial charge on any atom is 0.303 e. The van der Waals surface area contributed by atoms with Crippen LogP contribution in [0.3, 0.4) is 0 Å². The van der Waals surface area contributed by atoms with E-state index in [1.54, 1.807) is 0 Å².